The molecular formula is C15H23ClN4O2. The number of hydrogen-bond acceptors (Lipinski definition) is 5. The molecule has 3 heterocycles. The van der Waals surface area contributed by atoms with Gasteiger partial charge in [0.2, 0.25) is 0 Å². The molecule has 0 bridgehead atoms. The molecule has 122 valence electrons. The van der Waals surface area contributed by atoms with E-state index >= 15 is 0 Å². The monoisotopic (exact) mass is 326 g/mol. The number of rotatable bonds is 3. The number of aryl methyl sites for hydroxylation is 1. The molecule has 1 aromatic heterocycles. The summed E-state index contributed by atoms with van der Waals surface area (Å²) in [6.07, 6.45) is 5.22. The fourth-order valence-electron chi connectivity index (χ4n) is 3.07. The number of morpholine rings is 1. The zero-order chi connectivity index (χ0) is 14.8. The van der Waals surface area contributed by atoms with Gasteiger partial charge in [-0.25, -0.2) is 9.97 Å². The second-order valence-corrected chi connectivity index (χ2v) is 5.90. The van der Waals surface area contributed by atoms with E-state index in [1.54, 1.807) is 12.4 Å². The van der Waals surface area contributed by atoms with E-state index in [0.717, 1.165) is 38.4 Å². The Hall–Kier alpha value is -1.24. The standard InChI is InChI=1S/C15H22N4O2.ClH/c1-3-14-16-5-11(6-17-14)15(20)18-12-4-13-9-21-10(2)7-19(13)8-12;/h5-6,10,12-13H,3-4,7-9H2,1-2H3,(H,18,20);1H/t10-,12-,13+;/m1./s1. The highest BCUT2D eigenvalue weighted by Crippen LogP contribution is 2.23. The van der Waals surface area contributed by atoms with E-state index in [1.165, 1.54) is 0 Å². The average molecular weight is 327 g/mol. The number of ether oxygens (including phenoxy) is 1. The van der Waals surface area contributed by atoms with E-state index in [1.807, 2.05) is 6.92 Å². The lowest BCUT2D eigenvalue weighted by atomic mass is 10.1. The highest BCUT2D eigenvalue weighted by atomic mass is 35.5. The smallest absolute Gasteiger partial charge is 0.254 e. The Labute approximate surface area is 137 Å². The largest absolute Gasteiger partial charge is 0.376 e. The quantitative estimate of drug-likeness (QED) is 0.899. The number of nitrogens with zero attached hydrogens (tertiary/aromatic N) is 3. The Kier molecular flexibility index (Phi) is 5.72. The minimum absolute atomic E-state index is 0. The molecule has 2 aliphatic rings. The number of nitrogens with one attached hydrogen (secondary N) is 1. The fourth-order valence-corrected chi connectivity index (χ4v) is 3.07. The van der Waals surface area contributed by atoms with E-state index in [2.05, 4.69) is 27.1 Å². The number of hydrogen-bond donors (Lipinski definition) is 1. The van der Waals surface area contributed by atoms with Gasteiger partial charge in [0, 0.05) is 44.0 Å². The lowest BCUT2D eigenvalue weighted by Crippen LogP contribution is -2.45. The van der Waals surface area contributed by atoms with Crippen molar-refractivity contribution >= 4 is 18.3 Å². The van der Waals surface area contributed by atoms with Crippen molar-refractivity contribution in [2.75, 3.05) is 19.7 Å². The summed E-state index contributed by atoms with van der Waals surface area (Å²) < 4.78 is 5.68. The lowest BCUT2D eigenvalue weighted by Gasteiger charge is -2.33. The predicted molar refractivity (Wildman–Crippen MR) is 85.3 cm³/mol. The molecular weight excluding hydrogens is 304 g/mol. The van der Waals surface area contributed by atoms with Gasteiger partial charge in [-0.1, -0.05) is 6.92 Å². The Morgan fingerprint density at radius 1 is 1.41 bits per heavy atom. The van der Waals surface area contributed by atoms with Crippen LogP contribution < -0.4 is 5.32 Å². The number of carbonyl (C=O) groups is 1. The molecule has 0 unspecified atom stereocenters. The van der Waals surface area contributed by atoms with Crippen molar-refractivity contribution < 1.29 is 9.53 Å². The van der Waals surface area contributed by atoms with Gasteiger partial charge in [-0.3, -0.25) is 9.69 Å². The second-order valence-electron chi connectivity index (χ2n) is 5.90. The lowest BCUT2D eigenvalue weighted by molar-refractivity contribution is -0.0390. The third-order valence-corrected chi connectivity index (χ3v) is 4.21. The summed E-state index contributed by atoms with van der Waals surface area (Å²) >= 11 is 0. The molecule has 0 saturated carbocycles. The van der Waals surface area contributed by atoms with Crippen molar-refractivity contribution in [2.24, 2.45) is 0 Å². The van der Waals surface area contributed by atoms with Gasteiger partial charge in [-0.2, -0.15) is 0 Å². The molecule has 0 spiro atoms. The molecule has 22 heavy (non-hydrogen) atoms. The maximum atomic E-state index is 12.2. The zero-order valence-electron chi connectivity index (χ0n) is 13.0. The van der Waals surface area contributed by atoms with Gasteiger partial charge in [0.1, 0.15) is 5.82 Å². The summed E-state index contributed by atoms with van der Waals surface area (Å²) in [7, 11) is 0. The maximum absolute atomic E-state index is 12.2. The fraction of sp³-hybridized carbons (Fsp3) is 0.667. The van der Waals surface area contributed by atoms with Crippen molar-refractivity contribution in [3.63, 3.8) is 0 Å². The van der Waals surface area contributed by atoms with Gasteiger partial charge in [-0.05, 0) is 13.3 Å². The molecule has 1 aromatic rings. The molecule has 0 aromatic carbocycles. The molecule has 0 radical (unpaired) electrons. The number of halogens is 1. The first-order chi connectivity index (χ1) is 10.2. The van der Waals surface area contributed by atoms with Crippen LogP contribution in [0.4, 0.5) is 0 Å². The van der Waals surface area contributed by atoms with E-state index < -0.39 is 0 Å². The van der Waals surface area contributed by atoms with E-state index in [9.17, 15) is 4.79 Å². The number of amides is 1. The first kappa shape index (κ1) is 17.1. The van der Waals surface area contributed by atoms with Crippen LogP contribution in [0.3, 0.4) is 0 Å². The summed E-state index contributed by atoms with van der Waals surface area (Å²) in [5.74, 6) is 0.673. The minimum Gasteiger partial charge on any atom is -0.376 e. The first-order valence-electron chi connectivity index (χ1n) is 7.63. The van der Waals surface area contributed by atoms with Crippen LogP contribution in [-0.4, -0.2) is 58.7 Å². The van der Waals surface area contributed by atoms with Crippen molar-refractivity contribution in [1.82, 2.24) is 20.2 Å². The SMILES string of the molecule is CCc1ncc(C(=O)N[C@@H]2C[C@H]3CO[C@H](C)CN3C2)cn1.Cl. The summed E-state index contributed by atoms with van der Waals surface area (Å²) in [4.78, 5) is 23.0. The van der Waals surface area contributed by atoms with Crippen molar-refractivity contribution in [3.05, 3.63) is 23.8 Å². The highest BCUT2D eigenvalue weighted by molar-refractivity contribution is 5.93. The number of aromatic nitrogens is 2. The highest BCUT2D eigenvalue weighted by Gasteiger charge is 2.36. The topological polar surface area (TPSA) is 67.3 Å². The van der Waals surface area contributed by atoms with Crippen molar-refractivity contribution in [2.45, 2.75) is 44.9 Å². The summed E-state index contributed by atoms with van der Waals surface area (Å²) in [6.45, 7) is 6.70. The van der Waals surface area contributed by atoms with Crippen molar-refractivity contribution in [1.29, 1.82) is 0 Å². The van der Waals surface area contributed by atoms with Gasteiger partial charge in [-0.15, -0.1) is 12.4 Å². The van der Waals surface area contributed by atoms with Crippen LogP contribution in [0.1, 0.15) is 36.5 Å². The van der Waals surface area contributed by atoms with E-state index in [4.69, 9.17) is 4.74 Å². The van der Waals surface area contributed by atoms with Gasteiger partial charge >= 0.3 is 0 Å². The summed E-state index contributed by atoms with van der Waals surface area (Å²) in [5.41, 5.74) is 0.529. The summed E-state index contributed by atoms with van der Waals surface area (Å²) in [5, 5.41) is 3.09. The Morgan fingerprint density at radius 3 is 2.82 bits per heavy atom. The third-order valence-electron chi connectivity index (χ3n) is 4.21. The second kappa shape index (κ2) is 7.35. The van der Waals surface area contributed by atoms with Crippen molar-refractivity contribution in [3.8, 4) is 0 Å². The molecule has 2 saturated heterocycles. The predicted octanol–water partition coefficient (Wildman–Crippen LogP) is 1.05. The van der Waals surface area contributed by atoms with Crippen LogP contribution >= 0.6 is 12.4 Å². The van der Waals surface area contributed by atoms with Crippen LogP contribution in [0.2, 0.25) is 0 Å². The zero-order valence-corrected chi connectivity index (χ0v) is 13.8. The van der Waals surface area contributed by atoms with Crippen LogP contribution in [0, 0.1) is 0 Å². The normalized spacial score (nSPS) is 27.8. The first-order valence-corrected chi connectivity index (χ1v) is 7.63. The molecule has 7 heteroatoms. The van der Waals surface area contributed by atoms with Crippen LogP contribution in [0.25, 0.3) is 0 Å². The third kappa shape index (κ3) is 3.74. The van der Waals surface area contributed by atoms with Crippen LogP contribution in [-0.2, 0) is 11.2 Å². The molecule has 3 atom stereocenters. The minimum atomic E-state index is -0.0866. The number of fused-ring (bicyclic) bond motifs is 1. The molecule has 3 rings (SSSR count). The van der Waals surface area contributed by atoms with Gasteiger partial charge in [0.25, 0.3) is 5.91 Å². The van der Waals surface area contributed by atoms with Crippen LogP contribution in [0.15, 0.2) is 12.4 Å². The molecule has 1 N–H and O–H groups in total. The molecule has 2 aliphatic heterocycles. The average Bonchev–Trinajstić information content (AvgIpc) is 2.88. The van der Waals surface area contributed by atoms with Gasteiger partial charge in [0.05, 0.1) is 18.3 Å². The van der Waals surface area contributed by atoms with Gasteiger partial charge in [0.15, 0.2) is 0 Å². The molecule has 6 nitrogen and oxygen atoms in total. The van der Waals surface area contributed by atoms with E-state index in [0.29, 0.717) is 11.6 Å². The van der Waals surface area contributed by atoms with E-state index in [-0.39, 0.29) is 30.5 Å². The Morgan fingerprint density at radius 2 is 2.14 bits per heavy atom. The summed E-state index contributed by atoms with van der Waals surface area (Å²) in [6, 6.07) is 0.618. The van der Waals surface area contributed by atoms with Gasteiger partial charge < -0.3 is 10.1 Å². The molecule has 2 fully saturated rings. The number of carbonyl (C=O) groups excluding carboxylic acids is 1. The Bertz CT molecular complexity index is 511. The Balaban J connectivity index is 0.00000176. The molecule has 1 amide bonds. The maximum Gasteiger partial charge on any atom is 0.254 e. The molecule has 0 aliphatic carbocycles. The van der Waals surface area contributed by atoms with Crippen LogP contribution in [0.5, 0.6) is 0 Å².